The molecule has 1 nitrogen and oxygen atoms in total. The van der Waals surface area contributed by atoms with Gasteiger partial charge in [-0.05, 0) is 102 Å². The third-order valence-electron chi connectivity index (χ3n) is 12.9. The maximum absolute atomic E-state index is 2.54. The van der Waals surface area contributed by atoms with Gasteiger partial charge in [0.05, 0.1) is 11.1 Å². The highest BCUT2D eigenvalue weighted by Gasteiger charge is 2.53. The predicted octanol–water partition coefficient (Wildman–Crippen LogP) is 15.7. The van der Waals surface area contributed by atoms with E-state index in [1.54, 1.807) is 0 Å². The highest BCUT2D eigenvalue weighted by molar-refractivity contribution is 6.17. The quantitative estimate of drug-likeness (QED) is 0.163. The predicted molar refractivity (Wildman–Crippen MR) is 251 cm³/mol. The molecule has 0 aliphatic heterocycles. The summed E-state index contributed by atoms with van der Waals surface area (Å²) in [6, 6.07) is 87.3. The van der Waals surface area contributed by atoms with Gasteiger partial charge in [0, 0.05) is 22.5 Å². The minimum absolute atomic E-state index is 0.525. The Kier molecular flexibility index (Phi) is 7.83. The zero-order valence-electron chi connectivity index (χ0n) is 33.0. The molecule has 10 aromatic carbocycles. The lowest BCUT2D eigenvalue weighted by molar-refractivity contribution is 0.801. The van der Waals surface area contributed by atoms with Gasteiger partial charge in [-0.2, -0.15) is 0 Å². The summed E-state index contributed by atoms with van der Waals surface area (Å²) >= 11 is 0. The third-order valence-corrected chi connectivity index (χ3v) is 12.9. The summed E-state index contributed by atoms with van der Waals surface area (Å²) in [5.74, 6) is 0. The summed E-state index contributed by atoms with van der Waals surface area (Å²) in [6.07, 6.45) is 0. The van der Waals surface area contributed by atoms with Gasteiger partial charge in [0.15, 0.2) is 0 Å². The number of anilines is 3. The Bertz CT molecular complexity index is 3090. The molecule has 0 saturated carbocycles. The van der Waals surface area contributed by atoms with Crippen molar-refractivity contribution in [3.8, 4) is 55.6 Å². The first kappa shape index (κ1) is 34.3. The Morgan fingerprint density at radius 3 is 1.13 bits per heavy atom. The average molecular weight is 762 g/mol. The fraction of sp³-hybridized carbons (Fsp3) is 0.0169. The molecule has 280 valence electrons. The van der Waals surface area contributed by atoms with Crippen LogP contribution in [0.3, 0.4) is 0 Å². The Morgan fingerprint density at radius 1 is 0.267 bits per heavy atom. The van der Waals surface area contributed by atoms with Crippen LogP contribution in [0.4, 0.5) is 17.1 Å². The summed E-state index contributed by atoms with van der Waals surface area (Å²) in [5, 5.41) is 2.51. The molecule has 0 saturated heterocycles. The molecule has 0 radical (unpaired) electrons. The largest absolute Gasteiger partial charge is 0.309 e. The average Bonchev–Trinajstić information content (AvgIpc) is 3.81. The van der Waals surface area contributed by atoms with Gasteiger partial charge in [-0.15, -0.1) is 0 Å². The first-order valence-corrected chi connectivity index (χ1v) is 20.9. The fourth-order valence-corrected chi connectivity index (χ4v) is 10.4. The standard InChI is InChI=1S/C59H39N/c1-4-18-40(19-5-1)42-32-36-45(37-33-42)60(46-38-34-43(35-39-46)41-20-6-2-7-21-41)58-55(44-22-8-3-9-23-44)49-26-10-11-27-50(49)57-56(58)51-28-14-17-31-54(51)59(57)52-29-15-12-24-47(52)48-25-13-16-30-53(48)59/h1-39H. The summed E-state index contributed by atoms with van der Waals surface area (Å²) in [7, 11) is 0. The molecular weight excluding hydrogens is 723 g/mol. The number of fused-ring (bicyclic) bond motifs is 12. The van der Waals surface area contributed by atoms with Gasteiger partial charge in [-0.3, -0.25) is 0 Å². The minimum Gasteiger partial charge on any atom is -0.309 e. The topological polar surface area (TPSA) is 3.24 Å². The molecule has 60 heavy (non-hydrogen) atoms. The van der Waals surface area contributed by atoms with Crippen molar-refractivity contribution < 1.29 is 0 Å². The summed E-state index contributed by atoms with van der Waals surface area (Å²) in [5.41, 5.74) is 20.5. The van der Waals surface area contributed by atoms with Crippen molar-refractivity contribution in [2.75, 3.05) is 4.90 Å². The van der Waals surface area contributed by atoms with Gasteiger partial charge in [-0.1, -0.05) is 212 Å². The first-order valence-electron chi connectivity index (χ1n) is 20.9. The zero-order valence-corrected chi connectivity index (χ0v) is 33.0. The van der Waals surface area contributed by atoms with Crippen molar-refractivity contribution in [2.45, 2.75) is 5.41 Å². The van der Waals surface area contributed by atoms with Gasteiger partial charge in [0.25, 0.3) is 0 Å². The van der Waals surface area contributed by atoms with Crippen LogP contribution in [0.25, 0.3) is 66.4 Å². The number of benzene rings is 10. The van der Waals surface area contributed by atoms with E-state index >= 15 is 0 Å². The Balaban J connectivity index is 1.24. The second-order valence-corrected chi connectivity index (χ2v) is 15.9. The van der Waals surface area contributed by atoms with Crippen molar-refractivity contribution in [1.29, 1.82) is 0 Å². The van der Waals surface area contributed by atoms with E-state index in [0.29, 0.717) is 0 Å². The lowest BCUT2D eigenvalue weighted by atomic mass is 9.69. The van der Waals surface area contributed by atoms with E-state index in [1.165, 1.54) is 94.3 Å². The van der Waals surface area contributed by atoms with Crippen LogP contribution < -0.4 is 4.90 Å². The van der Waals surface area contributed by atoms with E-state index in [2.05, 4.69) is 241 Å². The van der Waals surface area contributed by atoms with Crippen molar-refractivity contribution in [1.82, 2.24) is 0 Å². The molecule has 0 atom stereocenters. The maximum atomic E-state index is 2.54. The molecule has 0 unspecified atom stereocenters. The molecule has 0 bridgehead atoms. The molecule has 0 fully saturated rings. The van der Waals surface area contributed by atoms with E-state index in [4.69, 9.17) is 0 Å². The van der Waals surface area contributed by atoms with E-state index < -0.39 is 5.41 Å². The SMILES string of the molecule is c1ccc(-c2ccc(N(c3ccc(-c4ccccc4)cc3)c3c4c(c5ccccc5c3-c3ccccc3)C3(c5ccccc5-c5ccccc53)c3ccccc3-4)cc2)cc1. The van der Waals surface area contributed by atoms with E-state index in [9.17, 15) is 0 Å². The second-order valence-electron chi connectivity index (χ2n) is 15.9. The molecule has 12 rings (SSSR count). The molecule has 10 aromatic rings. The van der Waals surface area contributed by atoms with Crippen LogP contribution in [0.1, 0.15) is 22.3 Å². The van der Waals surface area contributed by atoms with Crippen LogP contribution in [0.15, 0.2) is 237 Å². The van der Waals surface area contributed by atoms with Crippen molar-refractivity contribution in [3.63, 3.8) is 0 Å². The molecule has 1 spiro atoms. The fourth-order valence-electron chi connectivity index (χ4n) is 10.4. The zero-order chi connectivity index (χ0) is 39.6. The van der Waals surface area contributed by atoms with Gasteiger partial charge in [0.1, 0.15) is 0 Å². The van der Waals surface area contributed by atoms with Crippen LogP contribution in [-0.4, -0.2) is 0 Å². The number of rotatable bonds is 6. The van der Waals surface area contributed by atoms with Gasteiger partial charge in [-0.25, -0.2) is 0 Å². The number of nitrogens with zero attached hydrogens (tertiary/aromatic N) is 1. The molecule has 0 amide bonds. The Morgan fingerprint density at radius 2 is 0.633 bits per heavy atom. The molecule has 1 heteroatoms. The molecule has 2 aliphatic carbocycles. The molecule has 0 heterocycles. The second kappa shape index (κ2) is 13.7. The summed E-state index contributed by atoms with van der Waals surface area (Å²) in [4.78, 5) is 2.54. The minimum atomic E-state index is -0.525. The third kappa shape index (κ3) is 4.99. The van der Waals surface area contributed by atoms with Crippen LogP contribution >= 0.6 is 0 Å². The molecule has 0 aromatic heterocycles. The highest BCUT2D eigenvalue weighted by Crippen LogP contribution is 2.67. The van der Waals surface area contributed by atoms with Crippen molar-refractivity contribution in [2.24, 2.45) is 0 Å². The van der Waals surface area contributed by atoms with Crippen molar-refractivity contribution >= 4 is 27.8 Å². The molecule has 0 N–H and O–H groups in total. The lowest BCUT2D eigenvalue weighted by Crippen LogP contribution is -2.26. The smallest absolute Gasteiger partial charge is 0.0732 e. The highest BCUT2D eigenvalue weighted by atomic mass is 15.1. The van der Waals surface area contributed by atoms with E-state index in [0.717, 1.165) is 11.4 Å². The first-order chi connectivity index (χ1) is 29.8. The Labute approximate surface area is 351 Å². The molecular formula is C59H39N. The van der Waals surface area contributed by atoms with Gasteiger partial charge < -0.3 is 4.90 Å². The normalized spacial score (nSPS) is 12.8. The van der Waals surface area contributed by atoms with Crippen LogP contribution in [0, 0.1) is 0 Å². The summed E-state index contributed by atoms with van der Waals surface area (Å²) in [6.45, 7) is 0. The van der Waals surface area contributed by atoms with E-state index in [1.807, 2.05) is 0 Å². The van der Waals surface area contributed by atoms with Crippen LogP contribution in [0.5, 0.6) is 0 Å². The lowest BCUT2D eigenvalue weighted by Gasteiger charge is -2.35. The maximum Gasteiger partial charge on any atom is 0.0732 e. The van der Waals surface area contributed by atoms with Crippen molar-refractivity contribution in [3.05, 3.63) is 259 Å². The monoisotopic (exact) mass is 761 g/mol. The Hall–Kier alpha value is -7.74. The number of hydrogen-bond donors (Lipinski definition) is 0. The van der Waals surface area contributed by atoms with Gasteiger partial charge in [0.2, 0.25) is 0 Å². The van der Waals surface area contributed by atoms with E-state index in [-0.39, 0.29) is 0 Å². The van der Waals surface area contributed by atoms with Crippen LogP contribution in [0.2, 0.25) is 0 Å². The van der Waals surface area contributed by atoms with Crippen LogP contribution in [-0.2, 0) is 5.41 Å². The van der Waals surface area contributed by atoms with Gasteiger partial charge >= 0.3 is 0 Å². The summed E-state index contributed by atoms with van der Waals surface area (Å²) < 4.78 is 0. The number of hydrogen-bond acceptors (Lipinski definition) is 1. The molecule has 2 aliphatic rings.